The van der Waals surface area contributed by atoms with Gasteiger partial charge >= 0.3 is 0 Å². The molecule has 0 radical (unpaired) electrons. The second-order valence-electron chi connectivity index (χ2n) is 7.40. The van der Waals surface area contributed by atoms with Crippen LogP contribution in [0.3, 0.4) is 0 Å². The molecule has 8 heteroatoms. The van der Waals surface area contributed by atoms with Gasteiger partial charge < -0.3 is 19.3 Å². The molecule has 1 atom stereocenters. The van der Waals surface area contributed by atoms with E-state index in [-0.39, 0.29) is 31.2 Å². The van der Waals surface area contributed by atoms with Crippen LogP contribution in [0.5, 0.6) is 0 Å². The van der Waals surface area contributed by atoms with Crippen molar-refractivity contribution in [2.24, 2.45) is 0 Å². The first-order chi connectivity index (χ1) is 14.5. The fourth-order valence-electron chi connectivity index (χ4n) is 3.80. The molecule has 0 bridgehead atoms. The normalized spacial score (nSPS) is 22.1. The van der Waals surface area contributed by atoms with Gasteiger partial charge in [0.15, 0.2) is 0 Å². The number of ether oxygens (including phenoxy) is 2. The zero-order valence-corrected chi connectivity index (χ0v) is 16.4. The molecular weight excluding hydrogens is 394 g/mol. The summed E-state index contributed by atoms with van der Waals surface area (Å²) in [5.41, 5.74) is 0.353. The molecule has 2 saturated heterocycles. The summed E-state index contributed by atoms with van der Waals surface area (Å²) < 4.78 is 39.1. The summed E-state index contributed by atoms with van der Waals surface area (Å²) in [7, 11) is 0. The molecule has 158 valence electrons. The molecule has 6 nitrogen and oxygen atoms in total. The highest BCUT2D eigenvalue weighted by Gasteiger charge is 2.43. The fraction of sp³-hybridized carbons (Fsp3) is 0.364. The van der Waals surface area contributed by atoms with Crippen molar-refractivity contribution < 1.29 is 27.8 Å². The number of hydrogen-bond acceptors (Lipinski definition) is 4. The van der Waals surface area contributed by atoms with Gasteiger partial charge in [0.25, 0.3) is 11.8 Å². The molecule has 2 heterocycles. The lowest BCUT2D eigenvalue weighted by molar-refractivity contribution is -0.258. The van der Waals surface area contributed by atoms with Crippen LogP contribution in [-0.2, 0) is 9.47 Å². The van der Waals surface area contributed by atoms with Crippen molar-refractivity contribution in [3.63, 3.8) is 0 Å². The Kier molecular flexibility index (Phi) is 5.78. The maximum absolute atomic E-state index is 14.1. The predicted octanol–water partition coefficient (Wildman–Crippen LogP) is 2.70. The molecule has 2 aromatic carbocycles. The van der Waals surface area contributed by atoms with Crippen molar-refractivity contribution in [2.75, 3.05) is 39.4 Å². The Hall–Kier alpha value is -2.84. The number of benzene rings is 2. The Labute approximate surface area is 173 Å². The van der Waals surface area contributed by atoms with E-state index < -0.39 is 23.3 Å². The van der Waals surface area contributed by atoms with Crippen LogP contribution in [0.1, 0.15) is 27.1 Å². The molecule has 1 unspecified atom stereocenters. The first-order valence-corrected chi connectivity index (χ1v) is 9.84. The molecule has 0 aromatic heterocycles. The van der Waals surface area contributed by atoms with Crippen molar-refractivity contribution in [2.45, 2.75) is 12.2 Å². The zero-order chi connectivity index (χ0) is 21.1. The van der Waals surface area contributed by atoms with Crippen LogP contribution in [0.4, 0.5) is 8.78 Å². The second-order valence-corrected chi connectivity index (χ2v) is 7.40. The number of amides is 2. The highest BCUT2D eigenvalue weighted by Crippen LogP contribution is 2.26. The van der Waals surface area contributed by atoms with Crippen molar-refractivity contribution in [1.29, 1.82) is 0 Å². The Morgan fingerprint density at radius 2 is 1.50 bits per heavy atom. The SMILES string of the molecule is O=C(c1ccc(F)cc1)N1CCCOC2(C1)CN(C(=O)c1ccccc1F)CCO2. The van der Waals surface area contributed by atoms with Crippen LogP contribution in [0, 0.1) is 11.6 Å². The summed E-state index contributed by atoms with van der Waals surface area (Å²) in [6.07, 6.45) is 0.597. The van der Waals surface area contributed by atoms with E-state index >= 15 is 0 Å². The van der Waals surface area contributed by atoms with Crippen LogP contribution in [0.2, 0.25) is 0 Å². The number of halogens is 2. The average molecular weight is 416 g/mol. The van der Waals surface area contributed by atoms with E-state index in [9.17, 15) is 18.4 Å². The van der Waals surface area contributed by atoms with Gasteiger partial charge in [-0.15, -0.1) is 0 Å². The lowest BCUT2D eigenvalue weighted by Gasteiger charge is -2.43. The summed E-state index contributed by atoms with van der Waals surface area (Å²) >= 11 is 0. The third kappa shape index (κ3) is 4.20. The lowest BCUT2D eigenvalue weighted by Crippen LogP contribution is -2.59. The van der Waals surface area contributed by atoms with Crippen LogP contribution in [0.25, 0.3) is 0 Å². The largest absolute Gasteiger partial charge is 0.347 e. The minimum absolute atomic E-state index is 0.0117. The molecule has 0 N–H and O–H groups in total. The third-order valence-electron chi connectivity index (χ3n) is 5.30. The van der Waals surface area contributed by atoms with Gasteiger partial charge in [-0.1, -0.05) is 12.1 Å². The number of morpholine rings is 1. The molecular formula is C22H22F2N2O4. The number of hydrogen-bond donors (Lipinski definition) is 0. The van der Waals surface area contributed by atoms with Crippen LogP contribution in [-0.4, -0.2) is 66.8 Å². The van der Waals surface area contributed by atoms with E-state index in [2.05, 4.69) is 0 Å². The Morgan fingerprint density at radius 3 is 2.23 bits per heavy atom. The molecule has 0 saturated carbocycles. The van der Waals surface area contributed by atoms with E-state index in [1.165, 1.54) is 47.4 Å². The van der Waals surface area contributed by atoms with Gasteiger partial charge in [0.1, 0.15) is 11.6 Å². The molecule has 4 rings (SSSR count). The van der Waals surface area contributed by atoms with Gasteiger partial charge in [-0.3, -0.25) is 9.59 Å². The zero-order valence-electron chi connectivity index (χ0n) is 16.4. The van der Waals surface area contributed by atoms with Gasteiger partial charge in [-0.2, -0.15) is 0 Å². The summed E-state index contributed by atoms with van der Waals surface area (Å²) in [5.74, 6) is -2.90. The topological polar surface area (TPSA) is 59.1 Å². The highest BCUT2D eigenvalue weighted by atomic mass is 19.1. The van der Waals surface area contributed by atoms with Crippen LogP contribution >= 0.6 is 0 Å². The molecule has 2 aromatic rings. The molecule has 1 spiro atoms. The lowest BCUT2D eigenvalue weighted by atomic mass is 10.1. The first-order valence-electron chi connectivity index (χ1n) is 9.84. The third-order valence-corrected chi connectivity index (χ3v) is 5.30. The Morgan fingerprint density at radius 1 is 0.833 bits per heavy atom. The number of rotatable bonds is 2. The summed E-state index contributed by atoms with van der Waals surface area (Å²) in [6.45, 7) is 1.50. The maximum Gasteiger partial charge on any atom is 0.257 e. The second kappa shape index (κ2) is 8.49. The molecule has 2 fully saturated rings. The molecule has 2 aliphatic rings. The quantitative estimate of drug-likeness (QED) is 0.756. The first kappa shape index (κ1) is 20.4. The smallest absolute Gasteiger partial charge is 0.257 e. The number of carbonyl (C=O) groups excluding carboxylic acids is 2. The maximum atomic E-state index is 14.1. The van der Waals surface area contributed by atoms with Crippen LogP contribution < -0.4 is 0 Å². The van der Waals surface area contributed by atoms with Crippen molar-refractivity contribution in [3.8, 4) is 0 Å². The summed E-state index contributed by atoms with van der Waals surface area (Å²) in [6, 6.07) is 11.2. The molecule has 0 aliphatic carbocycles. The van der Waals surface area contributed by atoms with Gasteiger partial charge in [-0.25, -0.2) is 8.78 Å². The van der Waals surface area contributed by atoms with Gasteiger partial charge in [0, 0.05) is 18.7 Å². The predicted molar refractivity (Wildman–Crippen MR) is 104 cm³/mol. The van der Waals surface area contributed by atoms with Crippen LogP contribution in [0.15, 0.2) is 48.5 Å². The Bertz CT molecular complexity index is 937. The number of carbonyl (C=O) groups is 2. The van der Waals surface area contributed by atoms with E-state index in [4.69, 9.17) is 9.47 Å². The highest BCUT2D eigenvalue weighted by molar-refractivity contribution is 5.95. The monoisotopic (exact) mass is 416 g/mol. The van der Waals surface area contributed by atoms with E-state index in [1.54, 1.807) is 11.0 Å². The van der Waals surface area contributed by atoms with Crippen molar-refractivity contribution in [3.05, 3.63) is 71.3 Å². The van der Waals surface area contributed by atoms with Crippen molar-refractivity contribution in [1.82, 2.24) is 9.80 Å². The Balaban J connectivity index is 1.53. The summed E-state index contributed by atoms with van der Waals surface area (Å²) in [5, 5.41) is 0. The van der Waals surface area contributed by atoms with Gasteiger partial charge in [0.05, 0.1) is 31.9 Å². The molecule has 2 amide bonds. The van der Waals surface area contributed by atoms with Crippen molar-refractivity contribution >= 4 is 11.8 Å². The fourth-order valence-corrected chi connectivity index (χ4v) is 3.80. The molecule has 2 aliphatic heterocycles. The van der Waals surface area contributed by atoms with E-state index in [0.717, 1.165) is 0 Å². The average Bonchev–Trinajstić information content (AvgIpc) is 2.96. The molecule has 30 heavy (non-hydrogen) atoms. The van der Waals surface area contributed by atoms with E-state index in [1.807, 2.05) is 0 Å². The minimum Gasteiger partial charge on any atom is -0.347 e. The standard InChI is InChI=1S/C22H22F2N2O4/c23-17-8-6-16(7-9-17)20(27)25-10-3-12-29-22(14-25)15-26(11-13-30-22)21(28)18-4-1-2-5-19(18)24/h1-2,4-9H,3,10-15H2. The van der Waals surface area contributed by atoms with Gasteiger partial charge in [-0.05, 0) is 42.8 Å². The van der Waals surface area contributed by atoms with Gasteiger partial charge in [0.2, 0.25) is 5.79 Å². The van der Waals surface area contributed by atoms with E-state index in [0.29, 0.717) is 31.7 Å². The minimum atomic E-state index is -1.19. The number of nitrogens with zero attached hydrogens (tertiary/aromatic N) is 2. The summed E-state index contributed by atoms with van der Waals surface area (Å²) in [4.78, 5) is 28.9.